The molecule has 0 saturated heterocycles. The lowest BCUT2D eigenvalue weighted by Crippen LogP contribution is -2.49. The summed E-state index contributed by atoms with van der Waals surface area (Å²) in [5.74, 6) is 0.537. The monoisotopic (exact) mass is 340 g/mol. The molecule has 0 aromatic heterocycles. The number of aliphatic hydroxyl groups is 1. The predicted molar refractivity (Wildman–Crippen MR) is 97.0 cm³/mol. The van der Waals surface area contributed by atoms with Crippen LogP contribution < -0.4 is 0 Å². The number of fused-ring (bicyclic) bond motifs is 1. The number of carboxylic acids is 1. The molecular formula is C22H28O3. The number of carboxylic acid groups (broad SMARTS) is 1. The lowest BCUT2D eigenvalue weighted by atomic mass is 9.50. The van der Waals surface area contributed by atoms with Crippen molar-refractivity contribution in [2.24, 2.45) is 28.6 Å². The van der Waals surface area contributed by atoms with Gasteiger partial charge in [0.05, 0.1) is 11.7 Å². The molecule has 3 heteroatoms. The zero-order chi connectivity index (χ0) is 18.0. The van der Waals surface area contributed by atoms with Crippen molar-refractivity contribution in [2.45, 2.75) is 52.6 Å². The first-order chi connectivity index (χ1) is 11.8. The first-order valence-corrected chi connectivity index (χ1v) is 9.48. The molecule has 3 nitrogen and oxygen atoms in total. The highest BCUT2D eigenvalue weighted by Gasteiger charge is 2.68. The highest BCUT2D eigenvalue weighted by atomic mass is 16.4. The molecule has 3 aliphatic carbocycles. The Morgan fingerprint density at radius 1 is 1.24 bits per heavy atom. The van der Waals surface area contributed by atoms with Crippen LogP contribution in [0.2, 0.25) is 0 Å². The van der Waals surface area contributed by atoms with Crippen LogP contribution in [0, 0.1) is 28.6 Å². The molecule has 1 aromatic rings. The maximum absolute atomic E-state index is 11.8. The Labute approximate surface area is 149 Å². The third-order valence-corrected chi connectivity index (χ3v) is 7.85. The van der Waals surface area contributed by atoms with Crippen LogP contribution in [0.25, 0.3) is 0 Å². The third kappa shape index (κ3) is 2.11. The van der Waals surface area contributed by atoms with Crippen LogP contribution in [0.3, 0.4) is 0 Å². The van der Waals surface area contributed by atoms with Gasteiger partial charge in [0.15, 0.2) is 0 Å². The van der Waals surface area contributed by atoms with Crippen LogP contribution >= 0.6 is 0 Å². The normalized spacial score (nSPS) is 38.7. The summed E-state index contributed by atoms with van der Waals surface area (Å²) in [6, 6.07) is 10.6. The Hall–Kier alpha value is -1.61. The molecule has 1 spiro atoms. The smallest absolute Gasteiger partial charge is 0.334 e. The molecule has 0 heterocycles. The molecule has 25 heavy (non-hydrogen) atoms. The minimum atomic E-state index is -0.922. The Kier molecular flexibility index (Phi) is 3.66. The van der Waals surface area contributed by atoms with Crippen LogP contribution in [0.5, 0.6) is 0 Å². The number of allylic oxidation sites excluding steroid dienone is 1. The molecule has 2 N–H and O–H groups in total. The molecule has 1 aromatic carbocycles. The average Bonchev–Trinajstić information content (AvgIpc) is 2.91. The number of aliphatic hydroxyl groups excluding tert-OH is 1. The molecular weight excluding hydrogens is 312 g/mol. The largest absolute Gasteiger partial charge is 0.478 e. The van der Waals surface area contributed by atoms with E-state index in [1.807, 2.05) is 0 Å². The van der Waals surface area contributed by atoms with E-state index >= 15 is 0 Å². The number of rotatable bonds is 3. The minimum Gasteiger partial charge on any atom is -0.478 e. The molecule has 2 bridgehead atoms. The van der Waals surface area contributed by atoms with Gasteiger partial charge in [-0.05, 0) is 60.0 Å². The average molecular weight is 340 g/mol. The van der Waals surface area contributed by atoms with Crippen LogP contribution in [0.4, 0.5) is 0 Å². The molecule has 2 saturated carbocycles. The van der Waals surface area contributed by atoms with E-state index in [-0.39, 0.29) is 10.8 Å². The van der Waals surface area contributed by atoms with Crippen molar-refractivity contribution >= 4 is 5.97 Å². The molecule has 2 fully saturated rings. The van der Waals surface area contributed by atoms with Gasteiger partial charge in [0.25, 0.3) is 0 Å². The van der Waals surface area contributed by atoms with Gasteiger partial charge in [0, 0.05) is 5.41 Å². The quantitative estimate of drug-likeness (QED) is 0.872. The van der Waals surface area contributed by atoms with Crippen molar-refractivity contribution in [3.63, 3.8) is 0 Å². The number of hydrogen-bond acceptors (Lipinski definition) is 2. The molecule has 0 amide bonds. The molecule has 0 aliphatic heterocycles. The van der Waals surface area contributed by atoms with Crippen LogP contribution in [0.1, 0.15) is 45.6 Å². The van der Waals surface area contributed by atoms with Gasteiger partial charge < -0.3 is 10.2 Å². The highest BCUT2D eigenvalue weighted by molar-refractivity contribution is 5.90. The van der Waals surface area contributed by atoms with Gasteiger partial charge >= 0.3 is 5.97 Å². The maximum atomic E-state index is 11.8. The van der Waals surface area contributed by atoms with Gasteiger partial charge in [0.1, 0.15) is 0 Å². The van der Waals surface area contributed by atoms with Gasteiger partial charge in [-0.15, -0.1) is 0 Å². The number of carbonyl (C=O) groups is 1. The second-order valence-electron chi connectivity index (χ2n) is 9.01. The van der Waals surface area contributed by atoms with E-state index in [2.05, 4.69) is 51.1 Å². The van der Waals surface area contributed by atoms with E-state index in [0.717, 1.165) is 24.8 Å². The number of aliphatic carboxylic acids is 1. The van der Waals surface area contributed by atoms with Gasteiger partial charge in [-0.1, -0.05) is 51.1 Å². The fourth-order valence-corrected chi connectivity index (χ4v) is 6.84. The zero-order valence-electron chi connectivity index (χ0n) is 15.3. The summed E-state index contributed by atoms with van der Waals surface area (Å²) < 4.78 is 0. The van der Waals surface area contributed by atoms with E-state index in [1.54, 1.807) is 0 Å². The molecule has 0 radical (unpaired) electrons. The van der Waals surface area contributed by atoms with Crippen molar-refractivity contribution in [1.29, 1.82) is 0 Å². The molecule has 3 aliphatic rings. The Morgan fingerprint density at radius 3 is 2.56 bits per heavy atom. The topological polar surface area (TPSA) is 57.5 Å². The summed E-state index contributed by atoms with van der Waals surface area (Å²) in [7, 11) is 0. The van der Waals surface area contributed by atoms with Crippen LogP contribution in [-0.4, -0.2) is 22.3 Å². The fraction of sp³-hybridized carbons (Fsp3) is 0.591. The predicted octanol–water partition coefficient (Wildman–Crippen LogP) is 4.06. The summed E-state index contributed by atoms with van der Waals surface area (Å²) in [5, 5.41) is 20.2. The lowest BCUT2D eigenvalue weighted by Gasteiger charge is -2.54. The summed E-state index contributed by atoms with van der Waals surface area (Å²) >= 11 is 0. The van der Waals surface area contributed by atoms with Crippen molar-refractivity contribution in [3.05, 3.63) is 47.0 Å². The zero-order valence-corrected chi connectivity index (χ0v) is 15.3. The van der Waals surface area contributed by atoms with Crippen molar-refractivity contribution in [2.75, 3.05) is 0 Å². The third-order valence-electron chi connectivity index (χ3n) is 7.85. The minimum absolute atomic E-state index is 0.0254. The molecule has 5 atom stereocenters. The first-order valence-electron chi connectivity index (χ1n) is 9.48. The first kappa shape index (κ1) is 16.8. The van der Waals surface area contributed by atoms with E-state index in [0.29, 0.717) is 29.7 Å². The Morgan fingerprint density at radius 2 is 1.92 bits per heavy atom. The van der Waals surface area contributed by atoms with E-state index in [4.69, 9.17) is 0 Å². The van der Waals surface area contributed by atoms with Gasteiger partial charge in [-0.3, -0.25) is 0 Å². The summed E-state index contributed by atoms with van der Waals surface area (Å²) in [6.07, 6.45) is 2.81. The summed E-state index contributed by atoms with van der Waals surface area (Å²) in [6.45, 7) is 6.91. The van der Waals surface area contributed by atoms with Gasteiger partial charge in [-0.25, -0.2) is 4.79 Å². The van der Waals surface area contributed by atoms with E-state index in [1.165, 1.54) is 5.56 Å². The van der Waals surface area contributed by atoms with Crippen LogP contribution in [-0.2, 0) is 11.2 Å². The van der Waals surface area contributed by atoms with E-state index < -0.39 is 12.1 Å². The standard InChI is InChI=1S/C22H28O3/c1-13-9-15(10-14-7-5-4-6-8-14)16-11-17-19(20(24)25)18(23)12-22(13,17)21(16,2)3/h4-8,13,15-16,18,23H,9-12H2,1-3H3,(H,24,25)/t13-,15-,16+,18+,22+/m1/s1. The maximum Gasteiger partial charge on any atom is 0.334 e. The van der Waals surface area contributed by atoms with Gasteiger partial charge in [0.2, 0.25) is 0 Å². The summed E-state index contributed by atoms with van der Waals surface area (Å²) in [5.41, 5.74) is 2.62. The van der Waals surface area contributed by atoms with Crippen molar-refractivity contribution < 1.29 is 15.0 Å². The molecule has 0 unspecified atom stereocenters. The number of hydrogen-bond donors (Lipinski definition) is 2. The fourth-order valence-electron chi connectivity index (χ4n) is 6.84. The second-order valence-corrected chi connectivity index (χ2v) is 9.01. The van der Waals surface area contributed by atoms with Gasteiger partial charge in [-0.2, -0.15) is 0 Å². The van der Waals surface area contributed by atoms with E-state index in [9.17, 15) is 15.0 Å². The lowest BCUT2D eigenvalue weighted by molar-refractivity contribution is -0.133. The Balaban J connectivity index is 1.76. The van der Waals surface area contributed by atoms with Crippen LogP contribution in [0.15, 0.2) is 41.5 Å². The molecule has 4 rings (SSSR count). The second kappa shape index (κ2) is 5.44. The van der Waals surface area contributed by atoms with Crippen molar-refractivity contribution in [1.82, 2.24) is 0 Å². The Bertz CT molecular complexity index is 733. The summed E-state index contributed by atoms with van der Waals surface area (Å²) in [4.78, 5) is 11.8. The molecule has 134 valence electrons. The highest BCUT2D eigenvalue weighted by Crippen LogP contribution is 2.74. The van der Waals surface area contributed by atoms with Crippen molar-refractivity contribution in [3.8, 4) is 0 Å². The SMILES string of the molecule is C[C@@H]1C[C@H](Cc2ccccc2)[C@@H]2CC3=C(C(=O)O)[C@@H](O)C[C@@]31C2(C)C. The number of benzene rings is 1.